The van der Waals surface area contributed by atoms with E-state index in [4.69, 9.17) is 11.6 Å². The fourth-order valence-corrected chi connectivity index (χ4v) is 2.65. The number of nitrogens with one attached hydrogen (secondary N) is 1. The SMILES string of the molecule is Cc1nc2ccccc2c2nc(NC(=O)c3ccc(Cl)cc3)nn12. The van der Waals surface area contributed by atoms with E-state index >= 15 is 0 Å². The zero-order valence-corrected chi connectivity index (χ0v) is 13.4. The minimum atomic E-state index is -0.294. The summed E-state index contributed by atoms with van der Waals surface area (Å²) in [7, 11) is 0. The smallest absolute Gasteiger partial charge is 0.258 e. The van der Waals surface area contributed by atoms with Crippen LogP contribution in [0.15, 0.2) is 48.5 Å². The van der Waals surface area contributed by atoms with E-state index in [0.29, 0.717) is 22.1 Å². The predicted molar refractivity (Wildman–Crippen MR) is 92.4 cm³/mol. The summed E-state index contributed by atoms with van der Waals surface area (Å²) in [6.45, 7) is 1.85. The van der Waals surface area contributed by atoms with Gasteiger partial charge in [-0.05, 0) is 43.3 Å². The van der Waals surface area contributed by atoms with Gasteiger partial charge in [0, 0.05) is 16.0 Å². The number of amides is 1. The van der Waals surface area contributed by atoms with Crippen molar-refractivity contribution in [2.45, 2.75) is 6.92 Å². The molecule has 0 aliphatic carbocycles. The minimum Gasteiger partial charge on any atom is -0.289 e. The van der Waals surface area contributed by atoms with Gasteiger partial charge in [0.2, 0.25) is 5.95 Å². The van der Waals surface area contributed by atoms with Crippen molar-refractivity contribution in [2.24, 2.45) is 0 Å². The predicted octanol–water partition coefficient (Wildman–Crippen LogP) is 3.49. The number of fused-ring (bicyclic) bond motifs is 3. The molecule has 2 heterocycles. The number of carbonyl (C=O) groups excluding carboxylic acids is 1. The molecular formula is C17H12ClN5O. The Bertz CT molecular complexity index is 1070. The van der Waals surface area contributed by atoms with Crippen LogP contribution in [0.3, 0.4) is 0 Å². The van der Waals surface area contributed by atoms with Crippen molar-refractivity contribution in [1.29, 1.82) is 0 Å². The topological polar surface area (TPSA) is 72.2 Å². The molecule has 1 N–H and O–H groups in total. The highest BCUT2D eigenvalue weighted by molar-refractivity contribution is 6.30. The number of para-hydroxylation sites is 1. The van der Waals surface area contributed by atoms with Gasteiger partial charge >= 0.3 is 0 Å². The average molecular weight is 338 g/mol. The highest BCUT2D eigenvalue weighted by Gasteiger charge is 2.13. The third kappa shape index (κ3) is 2.47. The maximum absolute atomic E-state index is 12.3. The summed E-state index contributed by atoms with van der Waals surface area (Å²) in [5.74, 6) is 0.636. The Labute approximate surface area is 142 Å². The van der Waals surface area contributed by atoms with Crippen LogP contribution >= 0.6 is 11.6 Å². The molecule has 2 aromatic carbocycles. The number of aromatic nitrogens is 4. The molecule has 24 heavy (non-hydrogen) atoms. The second-order valence-electron chi connectivity index (χ2n) is 5.31. The number of rotatable bonds is 2. The molecule has 0 saturated heterocycles. The zero-order valence-electron chi connectivity index (χ0n) is 12.7. The van der Waals surface area contributed by atoms with Gasteiger partial charge in [-0.1, -0.05) is 23.7 Å². The molecule has 0 atom stereocenters. The van der Waals surface area contributed by atoms with Crippen LogP contribution in [0.4, 0.5) is 5.95 Å². The molecule has 0 bridgehead atoms. The molecule has 0 saturated carbocycles. The third-order valence-electron chi connectivity index (χ3n) is 3.67. The molecule has 4 rings (SSSR count). The molecule has 4 aromatic rings. The molecule has 6 nitrogen and oxygen atoms in total. The molecule has 0 unspecified atom stereocenters. The van der Waals surface area contributed by atoms with E-state index in [0.717, 1.165) is 10.9 Å². The first-order valence-electron chi connectivity index (χ1n) is 7.31. The summed E-state index contributed by atoms with van der Waals surface area (Å²) in [4.78, 5) is 21.2. The maximum atomic E-state index is 12.3. The highest BCUT2D eigenvalue weighted by atomic mass is 35.5. The minimum absolute atomic E-state index is 0.233. The maximum Gasteiger partial charge on any atom is 0.258 e. The van der Waals surface area contributed by atoms with Gasteiger partial charge in [-0.15, -0.1) is 5.10 Å². The second kappa shape index (κ2) is 5.58. The number of carbonyl (C=O) groups is 1. The van der Waals surface area contributed by atoms with E-state index in [1.807, 2.05) is 31.2 Å². The number of nitrogens with zero attached hydrogens (tertiary/aromatic N) is 4. The van der Waals surface area contributed by atoms with Crippen LogP contribution in [0.1, 0.15) is 16.2 Å². The molecule has 0 aliphatic rings. The normalized spacial score (nSPS) is 11.1. The lowest BCUT2D eigenvalue weighted by molar-refractivity contribution is 0.102. The van der Waals surface area contributed by atoms with Crippen LogP contribution in [0.25, 0.3) is 16.6 Å². The first-order valence-corrected chi connectivity index (χ1v) is 7.69. The molecule has 1 amide bonds. The number of hydrogen-bond donors (Lipinski definition) is 1. The first kappa shape index (κ1) is 14.6. The summed E-state index contributed by atoms with van der Waals surface area (Å²) in [6, 6.07) is 14.3. The Morgan fingerprint density at radius 2 is 1.83 bits per heavy atom. The zero-order chi connectivity index (χ0) is 16.7. The molecule has 0 aliphatic heterocycles. The summed E-state index contributed by atoms with van der Waals surface area (Å²) in [6.07, 6.45) is 0. The molecule has 0 radical (unpaired) electrons. The van der Waals surface area contributed by atoms with Crippen LogP contribution in [-0.4, -0.2) is 25.5 Å². The van der Waals surface area contributed by atoms with Gasteiger partial charge < -0.3 is 0 Å². The van der Waals surface area contributed by atoms with E-state index in [2.05, 4.69) is 20.4 Å². The second-order valence-corrected chi connectivity index (χ2v) is 5.74. The first-order chi connectivity index (χ1) is 11.6. The van der Waals surface area contributed by atoms with Crippen molar-refractivity contribution in [1.82, 2.24) is 19.6 Å². The Morgan fingerprint density at radius 3 is 2.62 bits per heavy atom. The van der Waals surface area contributed by atoms with Crippen LogP contribution in [0, 0.1) is 6.92 Å². The van der Waals surface area contributed by atoms with E-state index in [-0.39, 0.29) is 11.9 Å². The van der Waals surface area contributed by atoms with E-state index < -0.39 is 0 Å². The van der Waals surface area contributed by atoms with Gasteiger partial charge in [0.15, 0.2) is 5.65 Å². The quantitative estimate of drug-likeness (QED) is 0.607. The van der Waals surface area contributed by atoms with E-state index in [9.17, 15) is 4.79 Å². The fraction of sp³-hybridized carbons (Fsp3) is 0.0588. The van der Waals surface area contributed by atoms with Crippen molar-refractivity contribution < 1.29 is 4.79 Å². The molecule has 0 spiro atoms. The molecule has 0 fully saturated rings. The number of hydrogen-bond acceptors (Lipinski definition) is 4. The largest absolute Gasteiger partial charge is 0.289 e. The van der Waals surface area contributed by atoms with Crippen LogP contribution < -0.4 is 5.32 Å². The summed E-state index contributed by atoms with van der Waals surface area (Å²) in [5.41, 5.74) is 1.98. The van der Waals surface area contributed by atoms with Gasteiger partial charge in [0.25, 0.3) is 5.91 Å². The highest BCUT2D eigenvalue weighted by Crippen LogP contribution is 2.19. The fourth-order valence-electron chi connectivity index (χ4n) is 2.52. The molecule has 2 aromatic heterocycles. The van der Waals surface area contributed by atoms with Gasteiger partial charge in [-0.2, -0.15) is 9.50 Å². The van der Waals surface area contributed by atoms with Crippen molar-refractivity contribution in [3.63, 3.8) is 0 Å². The summed E-state index contributed by atoms with van der Waals surface area (Å²) < 4.78 is 1.62. The van der Waals surface area contributed by atoms with Crippen molar-refractivity contribution in [3.8, 4) is 0 Å². The Morgan fingerprint density at radius 1 is 1.08 bits per heavy atom. The lowest BCUT2D eigenvalue weighted by Crippen LogP contribution is -2.13. The number of aryl methyl sites for hydroxylation is 1. The van der Waals surface area contributed by atoms with Crippen LogP contribution in [-0.2, 0) is 0 Å². The average Bonchev–Trinajstić information content (AvgIpc) is 3.00. The number of anilines is 1. The monoisotopic (exact) mass is 337 g/mol. The van der Waals surface area contributed by atoms with Crippen LogP contribution in [0.5, 0.6) is 0 Å². The molecular weight excluding hydrogens is 326 g/mol. The summed E-state index contributed by atoms with van der Waals surface area (Å²) in [5, 5.41) is 8.49. The molecule has 7 heteroatoms. The third-order valence-corrected chi connectivity index (χ3v) is 3.92. The number of benzene rings is 2. The van der Waals surface area contributed by atoms with Gasteiger partial charge in [-0.25, -0.2) is 4.98 Å². The number of halogens is 1. The summed E-state index contributed by atoms with van der Waals surface area (Å²) >= 11 is 5.84. The van der Waals surface area contributed by atoms with Gasteiger partial charge in [0.1, 0.15) is 5.82 Å². The Hall–Kier alpha value is -2.99. The lowest BCUT2D eigenvalue weighted by atomic mass is 10.2. The van der Waals surface area contributed by atoms with Crippen molar-refractivity contribution in [2.75, 3.05) is 5.32 Å². The Kier molecular flexibility index (Phi) is 3.39. The van der Waals surface area contributed by atoms with E-state index in [1.54, 1.807) is 28.8 Å². The standard InChI is InChI=1S/C17H12ClN5O/c1-10-19-14-5-3-2-4-13(14)15-20-17(22-23(10)15)21-16(24)11-6-8-12(18)9-7-11/h2-9H,1H3,(H,21,22,24). The van der Waals surface area contributed by atoms with Crippen molar-refractivity contribution >= 4 is 40.0 Å². The van der Waals surface area contributed by atoms with Gasteiger partial charge in [0.05, 0.1) is 5.52 Å². The lowest BCUT2D eigenvalue weighted by Gasteiger charge is -2.01. The van der Waals surface area contributed by atoms with Crippen LogP contribution in [0.2, 0.25) is 5.02 Å². The van der Waals surface area contributed by atoms with Crippen molar-refractivity contribution in [3.05, 3.63) is 64.9 Å². The van der Waals surface area contributed by atoms with E-state index in [1.165, 1.54) is 0 Å². The molecule has 118 valence electrons. The van der Waals surface area contributed by atoms with Gasteiger partial charge in [-0.3, -0.25) is 10.1 Å². The Balaban J connectivity index is 1.75.